The number of piperazine rings is 1. The number of amides is 1. The number of aromatic nitrogens is 1. The predicted octanol–water partition coefficient (Wildman–Crippen LogP) is 2.01. The SMILES string of the molecule is O=C(NCCCS(=O)(=O)N1CCN(c2ccccn2)CC1)c1cccc(Cl)c1. The molecule has 0 unspecified atom stereocenters. The molecule has 1 saturated heterocycles. The van der Waals surface area contributed by atoms with E-state index in [1.54, 1.807) is 30.5 Å². The van der Waals surface area contributed by atoms with Gasteiger partial charge in [0.1, 0.15) is 5.82 Å². The minimum absolute atomic E-state index is 0.00636. The largest absolute Gasteiger partial charge is 0.354 e. The Morgan fingerprint density at radius 1 is 1.11 bits per heavy atom. The minimum atomic E-state index is -3.34. The van der Waals surface area contributed by atoms with Crippen LogP contribution in [0.2, 0.25) is 5.02 Å². The summed E-state index contributed by atoms with van der Waals surface area (Å²) in [5.74, 6) is 0.610. The molecule has 1 aromatic carbocycles. The van der Waals surface area contributed by atoms with Crippen molar-refractivity contribution in [3.63, 3.8) is 0 Å². The number of rotatable bonds is 7. The summed E-state index contributed by atoms with van der Waals surface area (Å²) in [5.41, 5.74) is 0.459. The molecule has 1 amide bonds. The van der Waals surface area contributed by atoms with E-state index < -0.39 is 10.0 Å². The first-order chi connectivity index (χ1) is 13.5. The van der Waals surface area contributed by atoms with Crippen LogP contribution < -0.4 is 10.2 Å². The van der Waals surface area contributed by atoms with Gasteiger partial charge in [0.25, 0.3) is 5.91 Å². The van der Waals surface area contributed by atoms with Crippen LogP contribution in [0.4, 0.5) is 5.82 Å². The molecule has 1 N–H and O–H groups in total. The lowest BCUT2D eigenvalue weighted by atomic mass is 10.2. The molecule has 28 heavy (non-hydrogen) atoms. The van der Waals surface area contributed by atoms with Crippen LogP contribution in [0.1, 0.15) is 16.8 Å². The van der Waals surface area contributed by atoms with Gasteiger partial charge in [0.2, 0.25) is 10.0 Å². The zero-order chi connectivity index (χ0) is 20.0. The molecule has 0 spiro atoms. The molecule has 7 nitrogen and oxygen atoms in total. The molecule has 1 aliphatic heterocycles. The van der Waals surface area contributed by atoms with Gasteiger partial charge < -0.3 is 10.2 Å². The normalized spacial score (nSPS) is 15.4. The minimum Gasteiger partial charge on any atom is -0.354 e. The van der Waals surface area contributed by atoms with Crippen molar-refractivity contribution in [3.8, 4) is 0 Å². The number of sulfonamides is 1. The second-order valence-corrected chi connectivity index (χ2v) is 9.03. The van der Waals surface area contributed by atoms with E-state index in [1.807, 2.05) is 18.2 Å². The van der Waals surface area contributed by atoms with Gasteiger partial charge in [0, 0.05) is 49.5 Å². The van der Waals surface area contributed by atoms with Gasteiger partial charge in [-0.25, -0.2) is 13.4 Å². The summed E-state index contributed by atoms with van der Waals surface area (Å²) in [4.78, 5) is 18.4. The van der Waals surface area contributed by atoms with Gasteiger partial charge in [-0.05, 0) is 36.8 Å². The summed E-state index contributed by atoms with van der Waals surface area (Å²) in [7, 11) is -3.34. The summed E-state index contributed by atoms with van der Waals surface area (Å²) in [5, 5.41) is 3.22. The maximum absolute atomic E-state index is 12.5. The second-order valence-electron chi connectivity index (χ2n) is 6.51. The van der Waals surface area contributed by atoms with E-state index in [4.69, 9.17) is 11.6 Å². The Morgan fingerprint density at radius 3 is 2.57 bits per heavy atom. The van der Waals surface area contributed by atoms with Crippen molar-refractivity contribution in [3.05, 3.63) is 59.2 Å². The molecule has 1 aliphatic rings. The fourth-order valence-electron chi connectivity index (χ4n) is 3.05. The first-order valence-electron chi connectivity index (χ1n) is 9.13. The van der Waals surface area contributed by atoms with E-state index in [9.17, 15) is 13.2 Å². The van der Waals surface area contributed by atoms with Gasteiger partial charge in [-0.1, -0.05) is 23.7 Å². The predicted molar refractivity (Wildman–Crippen MR) is 110 cm³/mol. The molecular weight excluding hydrogens is 400 g/mol. The highest BCUT2D eigenvalue weighted by molar-refractivity contribution is 7.89. The number of halogens is 1. The molecule has 0 bridgehead atoms. The van der Waals surface area contributed by atoms with Crippen molar-refractivity contribution in [2.75, 3.05) is 43.4 Å². The fraction of sp³-hybridized carbons (Fsp3) is 0.368. The van der Waals surface area contributed by atoms with E-state index >= 15 is 0 Å². The van der Waals surface area contributed by atoms with Gasteiger partial charge >= 0.3 is 0 Å². The number of nitrogens with one attached hydrogen (secondary N) is 1. The number of hydrogen-bond acceptors (Lipinski definition) is 5. The number of anilines is 1. The monoisotopic (exact) mass is 422 g/mol. The Hall–Kier alpha value is -2.16. The Bertz CT molecular complexity index is 900. The molecule has 0 radical (unpaired) electrons. The lowest BCUT2D eigenvalue weighted by Gasteiger charge is -2.34. The molecule has 0 aliphatic carbocycles. The number of nitrogens with zero attached hydrogens (tertiary/aromatic N) is 3. The highest BCUT2D eigenvalue weighted by Gasteiger charge is 2.26. The number of carbonyl (C=O) groups excluding carboxylic acids is 1. The lowest BCUT2D eigenvalue weighted by molar-refractivity contribution is 0.0953. The van der Waals surface area contributed by atoms with Crippen molar-refractivity contribution in [2.24, 2.45) is 0 Å². The van der Waals surface area contributed by atoms with E-state index in [0.29, 0.717) is 49.7 Å². The molecule has 1 fully saturated rings. The third-order valence-corrected chi connectivity index (χ3v) is 6.75. The summed E-state index contributed by atoms with van der Waals surface area (Å²) in [6, 6.07) is 12.3. The van der Waals surface area contributed by atoms with Crippen molar-refractivity contribution in [1.29, 1.82) is 0 Å². The smallest absolute Gasteiger partial charge is 0.251 e. The van der Waals surface area contributed by atoms with Crippen molar-refractivity contribution >= 4 is 33.3 Å². The molecule has 1 aromatic heterocycles. The van der Waals surface area contributed by atoms with Crippen molar-refractivity contribution in [2.45, 2.75) is 6.42 Å². The maximum atomic E-state index is 12.5. The van der Waals surface area contributed by atoms with Crippen LogP contribution in [0.5, 0.6) is 0 Å². The van der Waals surface area contributed by atoms with E-state index in [2.05, 4.69) is 15.2 Å². The van der Waals surface area contributed by atoms with E-state index in [0.717, 1.165) is 5.82 Å². The van der Waals surface area contributed by atoms with Crippen LogP contribution in [-0.4, -0.2) is 62.1 Å². The Balaban J connectivity index is 1.43. The summed E-state index contributed by atoms with van der Waals surface area (Å²) < 4.78 is 26.6. The first-order valence-corrected chi connectivity index (χ1v) is 11.1. The summed E-state index contributed by atoms with van der Waals surface area (Å²) in [6.45, 7) is 2.39. The molecule has 9 heteroatoms. The topological polar surface area (TPSA) is 82.6 Å². The number of carbonyl (C=O) groups is 1. The Labute approximate surface area is 170 Å². The van der Waals surface area contributed by atoms with Crippen LogP contribution >= 0.6 is 11.6 Å². The molecule has 2 heterocycles. The lowest BCUT2D eigenvalue weighted by Crippen LogP contribution is -2.49. The van der Waals surface area contributed by atoms with E-state index in [1.165, 1.54) is 4.31 Å². The van der Waals surface area contributed by atoms with Crippen molar-refractivity contribution in [1.82, 2.24) is 14.6 Å². The number of benzene rings is 1. The van der Waals surface area contributed by atoms with Crippen LogP contribution in [0.15, 0.2) is 48.7 Å². The molecule has 3 rings (SSSR count). The van der Waals surface area contributed by atoms with Gasteiger partial charge in [-0.2, -0.15) is 4.31 Å². The highest BCUT2D eigenvalue weighted by Crippen LogP contribution is 2.15. The summed E-state index contributed by atoms with van der Waals surface area (Å²) >= 11 is 5.87. The molecular formula is C19H23ClN4O3S. The zero-order valence-corrected chi connectivity index (χ0v) is 17.0. The maximum Gasteiger partial charge on any atom is 0.251 e. The van der Waals surface area contributed by atoms with Crippen molar-refractivity contribution < 1.29 is 13.2 Å². The van der Waals surface area contributed by atoms with E-state index in [-0.39, 0.29) is 11.7 Å². The average Bonchev–Trinajstić information content (AvgIpc) is 2.72. The van der Waals surface area contributed by atoms with Gasteiger partial charge in [0.15, 0.2) is 0 Å². The third-order valence-electron chi connectivity index (χ3n) is 4.56. The molecule has 2 aromatic rings. The number of hydrogen-bond donors (Lipinski definition) is 1. The highest BCUT2D eigenvalue weighted by atomic mass is 35.5. The van der Waals surface area contributed by atoms with Crippen LogP contribution in [0.3, 0.4) is 0 Å². The molecule has 150 valence electrons. The Kier molecular flexibility index (Phi) is 6.88. The third kappa shape index (κ3) is 5.43. The standard InChI is InChI=1S/C19H23ClN4O3S/c20-17-6-3-5-16(15-17)19(25)22-9-4-14-28(26,27)24-12-10-23(11-13-24)18-7-1-2-8-21-18/h1-3,5-8,15H,4,9-14H2,(H,22,25). The average molecular weight is 423 g/mol. The van der Waals surface area contributed by atoms with Crippen LogP contribution in [0.25, 0.3) is 0 Å². The second kappa shape index (κ2) is 9.36. The molecule has 0 atom stereocenters. The van der Waals surface area contributed by atoms with Gasteiger partial charge in [0.05, 0.1) is 5.75 Å². The van der Waals surface area contributed by atoms with Gasteiger partial charge in [-0.3, -0.25) is 4.79 Å². The van der Waals surface area contributed by atoms with Gasteiger partial charge in [-0.15, -0.1) is 0 Å². The first kappa shape index (κ1) is 20.6. The summed E-state index contributed by atoms with van der Waals surface area (Å²) in [6.07, 6.45) is 2.09. The van der Waals surface area contributed by atoms with Crippen LogP contribution in [0, 0.1) is 0 Å². The number of pyridine rings is 1. The zero-order valence-electron chi connectivity index (χ0n) is 15.4. The molecule has 0 saturated carbocycles. The van der Waals surface area contributed by atoms with Crippen LogP contribution in [-0.2, 0) is 10.0 Å². The quantitative estimate of drug-likeness (QED) is 0.690. The Morgan fingerprint density at radius 2 is 1.89 bits per heavy atom. The fourth-order valence-corrected chi connectivity index (χ4v) is 4.73.